The van der Waals surface area contributed by atoms with E-state index in [4.69, 9.17) is 4.84 Å². The minimum Gasteiger partial charge on any atom is -0.463 e. The topological polar surface area (TPSA) is 101 Å². The second-order valence-electron chi connectivity index (χ2n) is 6.39. The summed E-state index contributed by atoms with van der Waals surface area (Å²) in [6, 6.07) is 4.84. The summed E-state index contributed by atoms with van der Waals surface area (Å²) in [5.74, 6) is -0.211. The second-order valence-corrected chi connectivity index (χ2v) is 6.39. The number of rotatable bonds is 2. The lowest BCUT2D eigenvalue weighted by atomic mass is 10.1. The summed E-state index contributed by atoms with van der Waals surface area (Å²) < 4.78 is 0. The van der Waals surface area contributed by atoms with Crippen molar-refractivity contribution in [3.05, 3.63) is 41.7 Å². The van der Waals surface area contributed by atoms with Crippen molar-refractivity contribution in [2.45, 2.75) is 32.9 Å². The summed E-state index contributed by atoms with van der Waals surface area (Å²) >= 11 is 0. The number of hydrogen-bond acceptors (Lipinski definition) is 5. The average molecular weight is 359 g/mol. The molecular weight excluding hydrogens is 338 g/mol. The maximum absolute atomic E-state index is 13.4. The van der Waals surface area contributed by atoms with E-state index in [9.17, 15) is 14.7 Å². The van der Waals surface area contributed by atoms with Gasteiger partial charge in [0.1, 0.15) is 0 Å². The zero-order valence-corrected chi connectivity index (χ0v) is 14.9. The van der Waals surface area contributed by atoms with Gasteiger partial charge >= 0.3 is 6.09 Å². The molecule has 0 aliphatic carbocycles. The first-order chi connectivity index (χ1) is 12.4. The molecule has 3 rings (SSSR count). The van der Waals surface area contributed by atoms with Crippen molar-refractivity contribution in [3.63, 3.8) is 0 Å². The van der Waals surface area contributed by atoms with E-state index in [2.05, 4.69) is 10.2 Å². The van der Waals surface area contributed by atoms with Gasteiger partial charge in [0.15, 0.2) is 0 Å². The van der Waals surface area contributed by atoms with Gasteiger partial charge in [-0.1, -0.05) is 11.6 Å². The third-order valence-corrected chi connectivity index (χ3v) is 4.32. The van der Waals surface area contributed by atoms with Crippen molar-refractivity contribution in [2.75, 3.05) is 13.2 Å². The minimum absolute atomic E-state index is 0.0760. The van der Waals surface area contributed by atoms with E-state index in [1.807, 2.05) is 19.9 Å². The van der Waals surface area contributed by atoms with Crippen LogP contribution in [0.3, 0.4) is 0 Å². The van der Waals surface area contributed by atoms with Gasteiger partial charge in [0.2, 0.25) is 0 Å². The quantitative estimate of drug-likeness (QED) is 0.876. The van der Waals surface area contributed by atoms with Crippen LogP contribution in [0.25, 0.3) is 5.69 Å². The summed E-state index contributed by atoms with van der Waals surface area (Å²) in [7, 11) is 0. The normalized spacial score (nSPS) is 20.7. The molecule has 0 saturated carbocycles. The second kappa shape index (κ2) is 7.12. The molecule has 0 bridgehead atoms. The molecule has 9 nitrogen and oxygen atoms in total. The third-order valence-electron chi connectivity index (χ3n) is 4.32. The van der Waals surface area contributed by atoms with Crippen molar-refractivity contribution in [3.8, 4) is 5.69 Å². The van der Waals surface area contributed by atoms with Crippen molar-refractivity contribution < 1.29 is 19.5 Å². The predicted molar refractivity (Wildman–Crippen MR) is 91.9 cm³/mol. The molecule has 2 amide bonds. The molecule has 1 saturated heterocycles. The minimum atomic E-state index is -1.17. The van der Waals surface area contributed by atoms with E-state index in [0.717, 1.165) is 10.6 Å². The van der Waals surface area contributed by atoms with Crippen LogP contribution in [-0.4, -0.2) is 67.3 Å². The van der Waals surface area contributed by atoms with E-state index in [-0.39, 0.29) is 31.1 Å². The smallest absolute Gasteiger partial charge is 0.431 e. The highest BCUT2D eigenvalue weighted by atomic mass is 16.7. The number of benzene rings is 1. The van der Waals surface area contributed by atoms with E-state index in [1.165, 1.54) is 4.80 Å². The van der Waals surface area contributed by atoms with Crippen LogP contribution in [-0.2, 0) is 4.84 Å². The molecule has 9 heteroatoms. The largest absolute Gasteiger partial charge is 0.463 e. The summed E-state index contributed by atoms with van der Waals surface area (Å²) in [6.07, 6.45) is 1.92. The van der Waals surface area contributed by atoms with E-state index in [0.29, 0.717) is 11.3 Å². The SMILES string of the molecule is Cc1ccc(-n2nccn2)c(C(=O)N2[C@H](C)CON(C(=O)O)C[C@@H]2C)c1. The van der Waals surface area contributed by atoms with Gasteiger partial charge in [-0.05, 0) is 32.9 Å². The van der Waals surface area contributed by atoms with E-state index in [1.54, 1.807) is 36.4 Å². The number of aromatic nitrogens is 3. The van der Waals surface area contributed by atoms with Gasteiger partial charge in [0.05, 0.1) is 42.8 Å². The molecule has 138 valence electrons. The van der Waals surface area contributed by atoms with Crippen molar-refractivity contribution in [1.82, 2.24) is 25.0 Å². The average Bonchev–Trinajstić information content (AvgIpc) is 3.07. The Morgan fingerprint density at radius 1 is 1.19 bits per heavy atom. The van der Waals surface area contributed by atoms with Crippen LogP contribution in [0.15, 0.2) is 30.6 Å². The highest BCUT2D eigenvalue weighted by molar-refractivity contribution is 5.98. The van der Waals surface area contributed by atoms with Crippen molar-refractivity contribution in [2.24, 2.45) is 0 Å². The Morgan fingerprint density at radius 3 is 2.54 bits per heavy atom. The number of hydroxylamine groups is 2. The Hall–Kier alpha value is -2.94. The number of aryl methyl sites for hydroxylation is 1. The third kappa shape index (κ3) is 3.38. The molecule has 1 aromatic carbocycles. The van der Waals surface area contributed by atoms with E-state index < -0.39 is 6.09 Å². The Kier molecular flexibility index (Phi) is 4.90. The molecule has 0 spiro atoms. The molecule has 26 heavy (non-hydrogen) atoms. The van der Waals surface area contributed by atoms with Gasteiger partial charge in [-0.3, -0.25) is 9.63 Å². The maximum Gasteiger partial charge on any atom is 0.431 e. The Balaban J connectivity index is 1.98. The van der Waals surface area contributed by atoms with Crippen LogP contribution in [0, 0.1) is 6.92 Å². The van der Waals surface area contributed by atoms with Gasteiger partial charge in [0.25, 0.3) is 5.91 Å². The zero-order chi connectivity index (χ0) is 18.8. The maximum atomic E-state index is 13.4. The summed E-state index contributed by atoms with van der Waals surface area (Å²) in [4.78, 5) is 33.0. The first-order valence-electron chi connectivity index (χ1n) is 8.32. The summed E-state index contributed by atoms with van der Waals surface area (Å²) in [5.41, 5.74) is 1.97. The molecule has 1 aliphatic rings. The van der Waals surface area contributed by atoms with Crippen LogP contribution in [0.5, 0.6) is 0 Å². The molecule has 1 aromatic heterocycles. The van der Waals surface area contributed by atoms with Crippen LogP contribution in [0.2, 0.25) is 0 Å². The molecule has 2 aromatic rings. The van der Waals surface area contributed by atoms with Crippen molar-refractivity contribution >= 4 is 12.0 Å². The Bertz CT molecular complexity index is 807. The lowest BCUT2D eigenvalue weighted by Crippen LogP contribution is -2.47. The monoisotopic (exact) mass is 359 g/mol. The molecule has 1 aliphatic heterocycles. The van der Waals surface area contributed by atoms with Gasteiger partial charge in [-0.25, -0.2) is 4.79 Å². The molecule has 2 heterocycles. The van der Waals surface area contributed by atoms with E-state index >= 15 is 0 Å². The predicted octanol–water partition coefficient (Wildman–Crippen LogP) is 1.72. The highest BCUT2D eigenvalue weighted by Gasteiger charge is 2.34. The van der Waals surface area contributed by atoms with Gasteiger partial charge in [-0.15, -0.1) is 0 Å². The Labute approximate surface area is 150 Å². The van der Waals surface area contributed by atoms with Crippen LogP contribution in [0.4, 0.5) is 4.79 Å². The number of amides is 2. The molecule has 2 atom stereocenters. The lowest BCUT2D eigenvalue weighted by Gasteiger charge is -2.32. The molecule has 0 radical (unpaired) electrons. The number of carbonyl (C=O) groups excluding carboxylic acids is 1. The summed E-state index contributed by atoms with van der Waals surface area (Å²) in [5, 5.41) is 18.3. The van der Waals surface area contributed by atoms with Gasteiger partial charge in [0, 0.05) is 6.04 Å². The van der Waals surface area contributed by atoms with Gasteiger partial charge in [-0.2, -0.15) is 20.1 Å². The fourth-order valence-electron chi connectivity index (χ4n) is 3.10. The number of hydrogen-bond donors (Lipinski definition) is 1. The fourth-order valence-corrected chi connectivity index (χ4v) is 3.10. The standard InChI is InChI=1S/C17H21N5O4/c1-11-4-5-15(22-18-6-7-19-22)14(8-11)16(23)21-12(2)9-20(17(24)25)26-10-13(21)3/h4-8,12-13H,9-10H2,1-3H3,(H,24,25)/t12-,13+/m0/s1. The van der Waals surface area contributed by atoms with Crippen LogP contribution < -0.4 is 0 Å². The van der Waals surface area contributed by atoms with Crippen LogP contribution in [0.1, 0.15) is 29.8 Å². The number of nitrogens with zero attached hydrogens (tertiary/aromatic N) is 5. The first kappa shape index (κ1) is 17.9. The Morgan fingerprint density at radius 2 is 1.88 bits per heavy atom. The summed E-state index contributed by atoms with van der Waals surface area (Å²) in [6.45, 7) is 5.72. The lowest BCUT2D eigenvalue weighted by molar-refractivity contribution is -0.126. The van der Waals surface area contributed by atoms with Gasteiger partial charge < -0.3 is 10.0 Å². The molecule has 1 N–H and O–H groups in total. The first-order valence-corrected chi connectivity index (χ1v) is 8.32. The fraction of sp³-hybridized carbons (Fsp3) is 0.412. The zero-order valence-electron chi connectivity index (χ0n) is 14.9. The van der Waals surface area contributed by atoms with Crippen LogP contribution >= 0.6 is 0 Å². The molecule has 1 fully saturated rings. The molecular formula is C17H21N5O4. The number of carbonyl (C=O) groups is 2. The highest BCUT2D eigenvalue weighted by Crippen LogP contribution is 2.22. The molecule has 0 unspecified atom stereocenters. The van der Waals surface area contributed by atoms with Crippen molar-refractivity contribution in [1.29, 1.82) is 0 Å². The number of carboxylic acid groups (broad SMARTS) is 1.